The number of rotatable bonds is 7. The van der Waals surface area contributed by atoms with Gasteiger partial charge in [-0.3, -0.25) is 9.59 Å². The number of benzene rings is 2. The van der Waals surface area contributed by atoms with E-state index in [0.29, 0.717) is 22.6 Å². The van der Waals surface area contributed by atoms with Gasteiger partial charge in [0.2, 0.25) is 17.6 Å². The van der Waals surface area contributed by atoms with Crippen LogP contribution in [0.15, 0.2) is 53.1 Å². The van der Waals surface area contributed by atoms with Gasteiger partial charge in [0.15, 0.2) is 0 Å². The maximum Gasteiger partial charge on any atom is 0.254 e. The zero-order valence-electron chi connectivity index (χ0n) is 15.3. The van der Waals surface area contributed by atoms with Crippen LogP contribution < -0.4 is 10.6 Å². The number of aryl methyl sites for hydroxylation is 1. The molecule has 29 heavy (non-hydrogen) atoms. The Morgan fingerprint density at radius 1 is 1.14 bits per heavy atom. The van der Waals surface area contributed by atoms with Gasteiger partial charge in [0.05, 0.1) is 17.8 Å². The molecule has 1 heterocycles. The Hall–Kier alpha value is -3.99. The van der Waals surface area contributed by atoms with Gasteiger partial charge in [0, 0.05) is 18.4 Å². The molecule has 0 bridgehead atoms. The summed E-state index contributed by atoms with van der Waals surface area (Å²) in [6, 6.07) is 12.3. The van der Waals surface area contributed by atoms with E-state index in [0.717, 1.165) is 0 Å². The molecular formula is C21H17FN4O3. The summed E-state index contributed by atoms with van der Waals surface area (Å²) in [5.41, 5.74) is 1.30. The second-order valence-electron chi connectivity index (χ2n) is 6.00. The molecule has 3 rings (SSSR count). The smallest absolute Gasteiger partial charge is 0.254 e. The number of nitrogens with one attached hydrogen (secondary N) is 2. The van der Waals surface area contributed by atoms with Crippen LogP contribution in [0.4, 0.5) is 10.1 Å². The number of nitrogens with zero attached hydrogens (tertiary/aromatic N) is 2. The van der Waals surface area contributed by atoms with Crippen molar-refractivity contribution < 1.29 is 18.5 Å². The van der Waals surface area contributed by atoms with E-state index in [-0.39, 0.29) is 42.9 Å². The van der Waals surface area contributed by atoms with E-state index in [4.69, 9.17) is 10.9 Å². The van der Waals surface area contributed by atoms with Gasteiger partial charge < -0.3 is 15.2 Å². The number of carbonyl (C=O) groups is 2. The summed E-state index contributed by atoms with van der Waals surface area (Å²) in [7, 11) is 0. The number of terminal acetylenes is 1. The monoisotopic (exact) mass is 392 g/mol. The third-order valence-corrected chi connectivity index (χ3v) is 3.93. The number of hydrogen-bond donors (Lipinski definition) is 2. The summed E-state index contributed by atoms with van der Waals surface area (Å²) in [6.07, 6.45) is 5.43. The van der Waals surface area contributed by atoms with Crippen LogP contribution in [-0.2, 0) is 11.2 Å². The second kappa shape index (κ2) is 9.28. The normalized spacial score (nSPS) is 10.2. The number of halogens is 1. The lowest BCUT2D eigenvalue weighted by atomic mass is 10.1. The largest absolute Gasteiger partial charge is 0.341 e. The van der Waals surface area contributed by atoms with Gasteiger partial charge in [-0.2, -0.15) is 4.98 Å². The maximum absolute atomic E-state index is 13.0. The minimum atomic E-state index is -0.375. The van der Waals surface area contributed by atoms with Gasteiger partial charge in [-0.15, -0.1) is 6.42 Å². The summed E-state index contributed by atoms with van der Waals surface area (Å²) in [4.78, 5) is 28.6. The van der Waals surface area contributed by atoms with E-state index in [1.807, 2.05) is 0 Å². The minimum Gasteiger partial charge on any atom is -0.341 e. The maximum atomic E-state index is 13.0. The summed E-state index contributed by atoms with van der Waals surface area (Å²) in [5.74, 6) is 1.87. The van der Waals surface area contributed by atoms with Crippen molar-refractivity contribution >= 4 is 17.5 Å². The molecule has 146 valence electrons. The van der Waals surface area contributed by atoms with Crippen molar-refractivity contribution in [1.29, 1.82) is 0 Å². The number of para-hydroxylation sites is 1. The quantitative estimate of drug-likeness (QED) is 0.603. The molecule has 0 atom stereocenters. The van der Waals surface area contributed by atoms with Gasteiger partial charge in [-0.25, -0.2) is 4.39 Å². The van der Waals surface area contributed by atoms with Crippen molar-refractivity contribution in [2.45, 2.75) is 12.8 Å². The topological polar surface area (TPSA) is 97.1 Å². The first-order valence-electron chi connectivity index (χ1n) is 8.76. The lowest BCUT2D eigenvalue weighted by Crippen LogP contribution is -2.25. The molecule has 0 spiro atoms. The van der Waals surface area contributed by atoms with Crippen LogP contribution in [0.3, 0.4) is 0 Å². The van der Waals surface area contributed by atoms with Crippen LogP contribution in [0, 0.1) is 18.2 Å². The van der Waals surface area contributed by atoms with Crippen molar-refractivity contribution in [2.75, 3.05) is 11.9 Å². The molecule has 0 aliphatic rings. The first-order valence-corrected chi connectivity index (χ1v) is 8.76. The fourth-order valence-electron chi connectivity index (χ4n) is 2.52. The standard InChI is InChI=1S/C21H17FN4O3/c1-2-13-23-21(28)16-5-3-4-6-17(16)24-18(27)11-12-19-25-20(26-29-19)14-7-9-15(22)10-8-14/h1,3-10H,11-13H2,(H,23,28)(H,24,27). The van der Waals surface area contributed by atoms with E-state index in [2.05, 4.69) is 26.7 Å². The highest BCUT2D eigenvalue weighted by molar-refractivity contribution is 6.03. The second-order valence-corrected chi connectivity index (χ2v) is 6.00. The molecule has 0 aliphatic carbocycles. The van der Waals surface area contributed by atoms with Crippen molar-refractivity contribution in [2.24, 2.45) is 0 Å². The number of aromatic nitrogens is 2. The number of carbonyl (C=O) groups excluding carboxylic acids is 2. The highest BCUT2D eigenvalue weighted by Gasteiger charge is 2.14. The minimum absolute atomic E-state index is 0.0748. The van der Waals surface area contributed by atoms with E-state index in [1.54, 1.807) is 36.4 Å². The average molecular weight is 392 g/mol. The van der Waals surface area contributed by atoms with Crippen LogP contribution in [0.1, 0.15) is 22.7 Å². The van der Waals surface area contributed by atoms with Crippen LogP contribution in [0.2, 0.25) is 0 Å². The summed E-state index contributed by atoms with van der Waals surface area (Å²) in [6.45, 7) is 0.0919. The molecule has 1 aromatic heterocycles. The summed E-state index contributed by atoms with van der Waals surface area (Å²) < 4.78 is 18.1. The van der Waals surface area contributed by atoms with Gasteiger partial charge in [-0.1, -0.05) is 23.2 Å². The van der Waals surface area contributed by atoms with Gasteiger partial charge in [-0.05, 0) is 36.4 Å². The first kappa shape index (κ1) is 19.8. The number of amides is 2. The Morgan fingerprint density at radius 3 is 2.66 bits per heavy atom. The Kier molecular flexibility index (Phi) is 6.32. The van der Waals surface area contributed by atoms with Gasteiger partial charge >= 0.3 is 0 Å². The van der Waals surface area contributed by atoms with E-state index < -0.39 is 0 Å². The molecule has 2 amide bonds. The number of hydrogen-bond acceptors (Lipinski definition) is 5. The molecule has 0 saturated carbocycles. The predicted octanol–water partition coefficient (Wildman–Crippen LogP) is 2.81. The zero-order chi connectivity index (χ0) is 20.6. The SMILES string of the molecule is C#CCNC(=O)c1ccccc1NC(=O)CCc1nc(-c2ccc(F)cc2)no1. The van der Waals surface area contributed by atoms with Gasteiger partial charge in [0.25, 0.3) is 5.91 Å². The molecule has 0 fully saturated rings. The Labute approximate surface area is 166 Å². The first-order chi connectivity index (χ1) is 14.1. The van der Waals surface area contributed by atoms with Crippen LogP contribution in [-0.4, -0.2) is 28.5 Å². The van der Waals surface area contributed by atoms with Crippen molar-refractivity contribution in [3.63, 3.8) is 0 Å². The lowest BCUT2D eigenvalue weighted by molar-refractivity contribution is -0.116. The Morgan fingerprint density at radius 2 is 1.90 bits per heavy atom. The van der Waals surface area contributed by atoms with Crippen molar-refractivity contribution in [3.8, 4) is 23.7 Å². The van der Waals surface area contributed by atoms with E-state index in [1.165, 1.54) is 12.1 Å². The summed E-state index contributed by atoms with van der Waals surface area (Å²) >= 11 is 0. The van der Waals surface area contributed by atoms with Crippen molar-refractivity contribution in [3.05, 3.63) is 65.8 Å². The summed E-state index contributed by atoms with van der Waals surface area (Å²) in [5, 5.41) is 9.09. The fourth-order valence-corrected chi connectivity index (χ4v) is 2.52. The zero-order valence-corrected chi connectivity index (χ0v) is 15.3. The number of anilines is 1. The van der Waals surface area contributed by atoms with Crippen LogP contribution >= 0.6 is 0 Å². The Bertz CT molecular complexity index is 1050. The van der Waals surface area contributed by atoms with Gasteiger partial charge in [0.1, 0.15) is 5.82 Å². The third kappa shape index (κ3) is 5.26. The van der Waals surface area contributed by atoms with Crippen LogP contribution in [0.5, 0.6) is 0 Å². The fraction of sp³-hybridized carbons (Fsp3) is 0.143. The molecule has 7 nitrogen and oxygen atoms in total. The molecule has 2 aromatic carbocycles. The van der Waals surface area contributed by atoms with E-state index in [9.17, 15) is 14.0 Å². The Balaban J connectivity index is 1.59. The van der Waals surface area contributed by atoms with Crippen molar-refractivity contribution in [1.82, 2.24) is 15.5 Å². The molecule has 0 unspecified atom stereocenters. The highest BCUT2D eigenvalue weighted by atomic mass is 19.1. The lowest BCUT2D eigenvalue weighted by Gasteiger charge is -2.10. The average Bonchev–Trinajstić information content (AvgIpc) is 3.20. The molecule has 2 N–H and O–H groups in total. The highest BCUT2D eigenvalue weighted by Crippen LogP contribution is 2.18. The molecule has 0 aliphatic heterocycles. The molecule has 0 radical (unpaired) electrons. The predicted molar refractivity (Wildman–Crippen MR) is 104 cm³/mol. The molecule has 8 heteroatoms. The molecular weight excluding hydrogens is 375 g/mol. The van der Waals surface area contributed by atoms with E-state index >= 15 is 0 Å². The molecule has 0 saturated heterocycles. The molecule has 3 aromatic rings. The van der Waals surface area contributed by atoms with Crippen LogP contribution in [0.25, 0.3) is 11.4 Å². The third-order valence-electron chi connectivity index (χ3n) is 3.93.